The van der Waals surface area contributed by atoms with E-state index in [9.17, 15) is 4.39 Å². The zero-order chi connectivity index (χ0) is 13.8. The Morgan fingerprint density at radius 3 is 2.58 bits per heavy atom. The maximum Gasteiger partial charge on any atom is 0.131 e. The first-order valence-electron chi connectivity index (χ1n) is 7.24. The highest BCUT2D eigenvalue weighted by Crippen LogP contribution is 2.32. The minimum Gasteiger partial charge on any atom is -0.490 e. The van der Waals surface area contributed by atoms with Crippen LogP contribution in [0.1, 0.15) is 51.1 Å². The molecule has 19 heavy (non-hydrogen) atoms. The van der Waals surface area contributed by atoms with Gasteiger partial charge in [0.05, 0.1) is 6.10 Å². The van der Waals surface area contributed by atoms with Crippen LogP contribution in [0.2, 0.25) is 0 Å². The van der Waals surface area contributed by atoms with Crippen molar-refractivity contribution in [2.75, 3.05) is 7.05 Å². The van der Waals surface area contributed by atoms with Crippen LogP contribution in [0.4, 0.5) is 4.39 Å². The Bertz CT molecular complexity index is 413. The van der Waals surface area contributed by atoms with Gasteiger partial charge in [0, 0.05) is 11.6 Å². The van der Waals surface area contributed by atoms with Crippen LogP contribution in [0.3, 0.4) is 0 Å². The van der Waals surface area contributed by atoms with Crippen molar-refractivity contribution >= 4 is 0 Å². The molecule has 1 N–H and O–H groups in total. The summed E-state index contributed by atoms with van der Waals surface area (Å²) in [6.45, 7) is 4.24. The molecule has 1 aromatic carbocycles. The Morgan fingerprint density at radius 2 is 1.95 bits per heavy atom. The molecule has 1 fully saturated rings. The van der Waals surface area contributed by atoms with Gasteiger partial charge in [0.1, 0.15) is 11.6 Å². The molecule has 2 nitrogen and oxygen atoms in total. The Morgan fingerprint density at radius 1 is 1.26 bits per heavy atom. The normalized spacial score (nSPS) is 25.1. The average molecular weight is 265 g/mol. The average Bonchev–Trinajstić information content (AvgIpc) is 2.41. The summed E-state index contributed by atoms with van der Waals surface area (Å²) in [6, 6.07) is 5.06. The molecule has 1 aliphatic carbocycles. The molecule has 1 atom stereocenters. The first-order chi connectivity index (χ1) is 9.11. The summed E-state index contributed by atoms with van der Waals surface area (Å²) in [5.74, 6) is 1.30. The lowest BCUT2D eigenvalue weighted by molar-refractivity contribution is 0.133. The van der Waals surface area contributed by atoms with Crippen molar-refractivity contribution < 1.29 is 9.13 Å². The maximum absolute atomic E-state index is 14.0. The molecule has 0 saturated heterocycles. The standard InChI is InChI=1S/C16H24FNO/c1-11-7-9-13(10-8-11)19-15-6-4-5-14(17)16(15)12(2)18-3/h4-6,11-13,18H,7-10H2,1-3H3. The predicted molar refractivity (Wildman–Crippen MR) is 75.9 cm³/mol. The van der Waals surface area contributed by atoms with Crippen LogP contribution in [-0.4, -0.2) is 13.2 Å². The van der Waals surface area contributed by atoms with Crippen molar-refractivity contribution in [3.8, 4) is 5.75 Å². The summed E-state index contributed by atoms with van der Waals surface area (Å²) in [6.07, 6.45) is 4.80. The smallest absolute Gasteiger partial charge is 0.131 e. The lowest BCUT2D eigenvalue weighted by Crippen LogP contribution is -2.24. The molecule has 0 spiro atoms. The fraction of sp³-hybridized carbons (Fsp3) is 0.625. The molecule has 0 heterocycles. The van der Waals surface area contributed by atoms with E-state index in [1.807, 2.05) is 20.0 Å². The summed E-state index contributed by atoms with van der Waals surface area (Å²) < 4.78 is 20.0. The van der Waals surface area contributed by atoms with Crippen LogP contribution in [0.15, 0.2) is 18.2 Å². The number of hydrogen-bond acceptors (Lipinski definition) is 2. The van der Waals surface area contributed by atoms with Crippen molar-refractivity contribution in [3.63, 3.8) is 0 Å². The Hall–Kier alpha value is -1.09. The third kappa shape index (κ3) is 3.47. The number of benzene rings is 1. The van der Waals surface area contributed by atoms with Crippen LogP contribution in [-0.2, 0) is 0 Å². The molecule has 3 heteroatoms. The molecular weight excluding hydrogens is 241 g/mol. The van der Waals surface area contributed by atoms with E-state index in [4.69, 9.17) is 4.74 Å². The topological polar surface area (TPSA) is 21.3 Å². The van der Waals surface area contributed by atoms with Gasteiger partial charge in [-0.05, 0) is 57.7 Å². The summed E-state index contributed by atoms with van der Waals surface area (Å²) in [5, 5.41) is 3.09. The second-order valence-corrected chi connectivity index (χ2v) is 5.66. The highest BCUT2D eigenvalue weighted by atomic mass is 19.1. The van der Waals surface area contributed by atoms with E-state index in [0.29, 0.717) is 11.3 Å². The summed E-state index contributed by atoms with van der Waals surface area (Å²) in [4.78, 5) is 0. The van der Waals surface area contributed by atoms with Gasteiger partial charge in [-0.1, -0.05) is 13.0 Å². The molecule has 0 radical (unpaired) electrons. The number of rotatable bonds is 4. The second-order valence-electron chi connectivity index (χ2n) is 5.66. The van der Waals surface area contributed by atoms with Crippen LogP contribution in [0.25, 0.3) is 0 Å². The first-order valence-corrected chi connectivity index (χ1v) is 7.24. The van der Waals surface area contributed by atoms with Gasteiger partial charge in [-0.2, -0.15) is 0 Å². The molecule has 1 unspecified atom stereocenters. The lowest BCUT2D eigenvalue weighted by atomic mass is 9.89. The molecule has 0 aliphatic heterocycles. The zero-order valence-electron chi connectivity index (χ0n) is 12.1. The number of hydrogen-bond donors (Lipinski definition) is 1. The van der Waals surface area contributed by atoms with Gasteiger partial charge in [-0.3, -0.25) is 0 Å². The van der Waals surface area contributed by atoms with Crippen LogP contribution >= 0.6 is 0 Å². The zero-order valence-corrected chi connectivity index (χ0v) is 12.1. The highest BCUT2D eigenvalue weighted by Gasteiger charge is 2.22. The maximum atomic E-state index is 14.0. The monoisotopic (exact) mass is 265 g/mol. The molecule has 0 bridgehead atoms. The number of ether oxygens (including phenoxy) is 1. The van der Waals surface area contributed by atoms with Gasteiger partial charge in [-0.15, -0.1) is 0 Å². The van der Waals surface area contributed by atoms with Crippen molar-refractivity contribution in [2.24, 2.45) is 5.92 Å². The third-order valence-corrected chi connectivity index (χ3v) is 4.14. The van der Waals surface area contributed by atoms with Crippen LogP contribution < -0.4 is 10.1 Å². The molecule has 1 saturated carbocycles. The highest BCUT2D eigenvalue weighted by molar-refractivity contribution is 5.37. The Kier molecular flexibility index (Phi) is 4.81. The SMILES string of the molecule is CNC(C)c1c(F)cccc1OC1CCC(C)CC1. The van der Waals surface area contributed by atoms with E-state index in [2.05, 4.69) is 12.2 Å². The van der Waals surface area contributed by atoms with E-state index in [1.54, 1.807) is 6.07 Å². The molecule has 1 aromatic rings. The molecule has 106 valence electrons. The number of nitrogens with one attached hydrogen (secondary N) is 1. The van der Waals surface area contributed by atoms with E-state index in [1.165, 1.54) is 18.9 Å². The van der Waals surface area contributed by atoms with Crippen molar-refractivity contribution in [3.05, 3.63) is 29.6 Å². The fourth-order valence-corrected chi connectivity index (χ4v) is 2.71. The van der Waals surface area contributed by atoms with Crippen LogP contribution in [0, 0.1) is 11.7 Å². The predicted octanol–water partition coefficient (Wildman–Crippen LogP) is 4.06. The van der Waals surface area contributed by atoms with Gasteiger partial charge in [0.25, 0.3) is 0 Å². The summed E-state index contributed by atoms with van der Waals surface area (Å²) in [5.41, 5.74) is 0.642. The Balaban J connectivity index is 2.13. The van der Waals surface area contributed by atoms with E-state index in [0.717, 1.165) is 18.8 Å². The van der Waals surface area contributed by atoms with Gasteiger partial charge >= 0.3 is 0 Å². The van der Waals surface area contributed by atoms with Crippen molar-refractivity contribution in [2.45, 2.75) is 51.7 Å². The van der Waals surface area contributed by atoms with E-state index >= 15 is 0 Å². The molecular formula is C16H24FNO. The Labute approximate surface area is 115 Å². The minimum atomic E-state index is -0.191. The van der Waals surface area contributed by atoms with Crippen LogP contribution in [0.5, 0.6) is 5.75 Å². The largest absolute Gasteiger partial charge is 0.490 e. The van der Waals surface area contributed by atoms with Gasteiger partial charge in [0.15, 0.2) is 0 Å². The van der Waals surface area contributed by atoms with Crippen molar-refractivity contribution in [1.29, 1.82) is 0 Å². The molecule has 2 rings (SSSR count). The van der Waals surface area contributed by atoms with Gasteiger partial charge < -0.3 is 10.1 Å². The molecule has 1 aliphatic rings. The van der Waals surface area contributed by atoms with E-state index in [-0.39, 0.29) is 18.0 Å². The lowest BCUT2D eigenvalue weighted by Gasteiger charge is -2.28. The third-order valence-electron chi connectivity index (χ3n) is 4.14. The first kappa shape index (κ1) is 14.3. The van der Waals surface area contributed by atoms with E-state index < -0.39 is 0 Å². The van der Waals surface area contributed by atoms with Gasteiger partial charge in [0.2, 0.25) is 0 Å². The molecule has 0 amide bonds. The van der Waals surface area contributed by atoms with Crippen molar-refractivity contribution in [1.82, 2.24) is 5.32 Å². The minimum absolute atomic E-state index is 0.0429. The quantitative estimate of drug-likeness (QED) is 0.886. The second kappa shape index (κ2) is 6.38. The molecule has 0 aromatic heterocycles. The number of halogens is 1. The summed E-state index contributed by atoms with van der Waals surface area (Å²) in [7, 11) is 1.84. The summed E-state index contributed by atoms with van der Waals surface area (Å²) >= 11 is 0. The van der Waals surface area contributed by atoms with Gasteiger partial charge in [-0.25, -0.2) is 4.39 Å². The fourth-order valence-electron chi connectivity index (χ4n) is 2.71.